The van der Waals surface area contributed by atoms with Crippen molar-refractivity contribution in [3.05, 3.63) is 17.9 Å². The SMILES string of the molecule is CCOc1nc2ccc(O[C@H]3CC[C@@](C)(OC[C@H](C)NC(C)=O)CC3)c(F)c2s1. The lowest BCUT2D eigenvalue weighted by molar-refractivity contribution is -0.121. The number of aromatic nitrogens is 1. The predicted molar refractivity (Wildman–Crippen MR) is 111 cm³/mol. The second-order valence-corrected chi connectivity index (χ2v) is 8.78. The van der Waals surface area contributed by atoms with Crippen molar-refractivity contribution in [3.63, 3.8) is 0 Å². The van der Waals surface area contributed by atoms with Crippen LogP contribution >= 0.6 is 11.3 Å². The van der Waals surface area contributed by atoms with Crippen LogP contribution in [-0.4, -0.2) is 41.9 Å². The van der Waals surface area contributed by atoms with E-state index in [4.69, 9.17) is 14.2 Å². The molecule has 6 nitrogen and oxygen atoms in total. The van der Waals surface area contributed by atoms with Gasteiger partial charge in [0.2, 0.25) is 5.91 Å². The van der Waals surface area contributed by atoms with E-state index >= 15 is 0 Å². The van der Waals surface area contributed by atoms with Crippen LogP contribution in [0.1, 0.15) is 53.4 Å². The Bertz CT molecular complexity index is 849. The van der Waals surface area contributed by atoms with Crippen molar-refractivity contribution in [2.75, 3.05) is 13.2 Å². The lowest BCUT2D eigenvalue weighted by Gasteiger charge is -2.38. The topological polar surface area (TPSA) is 69.7 Å². The van der Waals surface area contributed by atoms with E-state index in [1.54, 1.807) is 12.1 Å². The van der Waals surface area contributed by atoms with Gasteiger partial charge in [-0.15, -0.1) is 0 Å². The molecule has 0 bridgehead atoms. The Morgan fingerprint density at radius 3 is 2.79 bits per heavy atom. The fourth-order valence-corrected chi connectivity index (χ4v) is 4.46. The summed E-state index contributed by atoms with van der Waals surface area (Å²) in [5, 5.41) is 3.30. The van der Waals surface area contributed by atoms with Gasteiger partial charge in [0.25, 0.3) is 5.19 Å². The summed E-state index contributed by atoms with van der Waals surface area (Å²) in [4.78, 5) is 15.4. The van der Waals surface area contributed by atoms with Crippen molar-refractivity contribution in [3.8, 4) is 10.9 Å². The maximum atomic E-state index is 14.9. The largest absolute Gasteiger partial charge is 0.487 e. The molecule has 0 saturated heterocycles. The summed E-state index contributed by atoms with van der Waals surface area (Å²) in [7, 11) is 0. The Balaban J connectivity index is 1.56. The first-order valence-corrected chi connectivity index (χ1v) is 10.9. The molecule has 0 unspecified atom stereocenters. The number of nitrogens with one attached hydrogen (secondary N) is 1. The minimum Gasteiger partial charge on any atom is -0.487 e. The van der Waals surface area contributed by atoms with Gasteiger partial charge in [0.15, 0.2) is 11.6 Å². The molecule has 160 valence electrons. The highest BCUT2D eigenvalue weighted by Crippen LogP contribution is 2.37. The highest BCUT2D eigenvalue weighted by atomic mass is 32.1. The van der Waals surface area contributed by atoms with Crippen LogP contribution in [0.4, 0.5) is 4.39 Å². The molecule has 8 heteroatoms. The summed E-state index contributed by atoms with van der Waals surface area (Å²) in [5.41, 5.74) is 0.334. The van der Waals surface area contributed by atoms with E-state index in [0.717, 1.165) is 25.7 Å². The fourth-order valence-electron chi connectivity index (χ4n) is 3.56. The molecule has 2 aromatic rings. The summed E-state index contributed by atoms with van der Waals surface area (Å²) >= 11 is 1.20. The van der Waals surface area contributed by atoms with Crippen molar-refractivity contribution in [2.24, 2.45) is 0 Å². The molecule has 1 aliphatic carbocycles. The zero-order valence-electron chi connectivity index (χ0n) is 17.4. The molecule has 1 N–H and O–H groups in total. The smallest absolute Gasteiger partial charge is 0.274 e. The third kappa shape index (κ3) is 5.57. The summed E-state index contributed by atoms with van der Waals surface area (Å²) in [5.74, 6) is -0.172. The van der Waals surface area contributed by atoms with Crippen molar-refractivity contribution in [1.29, 1.82) is 0 Å². The van der Waals surface area contributed by atoms with Gasteiger partial charge in [-0.05, 0) is 58.6 Å². The normalized spacial score (nSPS) is 23.0. The first-order chi connectivity index (χ1) is 13.8. The van der Waals surface area contributed by atoms with Crippen LogP contribution in [0.3, 0.4) is 0 Å². The number of hydrogen-bond acceptors (Lipinski definition) is 6. The van der Waals surface area contributed by atoms with Gasteiger partial charge in [-0.2, -0.15) is 0 Å². The number of carbonyl (C=O) groups excluding carboxylic acids is 1. The van der Waals surface area contributed by atoms with Gasteiger partial charge in [-0.1, -0.05) is 11.3 Å². The average Bonchev–Trinajstić information content (AvgIpc) is 3.08. The number of carbonyl (C=O) groups is 1. The van der Waals surface area contributed by atoms with E-state index in [2.05, 4.69) is 17.2 Å². The van der Waals surface area contributed by atoms with Gasteiger partial charge >= 0.3 is 0 Å². The van der Waals surface area contributed by atoms with Gasteiger partial charge in [0.05, 0.1) is 35.1 Å². The fraction of sp³-hybridized carbons (Fsp3) is 0.619. The molecule has 1 atom stereocenters. The molecule has 0 radical (unpaired) electrons. The van der Waals surface area contributed by atoms with Crippen LogP contribution in [-0.2, 0) is 9.53 Å². The van der Waals surface area contributed by atoms with Gasteiger partial charge in [-0.3, -0.25) is 4.79 Å². The average molecular weight is 425 g/mol. The van der Waals surface area contributed by atoms with Gasteiger partial charge < -0.3 is 19.5 Å². The second kappa shape index (κ2) is 9.26. The van der Waals surface area contributed by atoms with E-state index in [9.17, 15) is 9.18 Å². The molecular weight excluding hydrogens is 395 g/mol. The standard InChI is InChI=1S/C21H29FN2O4S/c1-5-26-20-24-16-6-7-17(18(22)19(16)29-20)28-15-8-10-21(4,11-9-15)27-12-13(2)23-14(3)25/h6-7,13,15H,5,8-12H2,1-4H3,(H,23,25)/t13-,15-,21+/m0/s1. The summed E-state index contributed by atoms with van der Waals surface area (Å²) in [6.07, 6.45) is 3.17. The van der Waals surface area contributed by atoms with Gasteiger partial charge in [-0.25, -0.2) is 9.37 Å². The van der Waals surface area contributed by atoms with E-state index in [1.807, 2.05) is 13.8 Å². The monoisotopic (exact) mass is 424 g/mol. The van der Waals surface area contributed by atoms with E-state index in [0.29, 0.717) is 28.6 Å². The predicted octanol–water partition coefficient (Wildman–Crippen LogP) is 4.46. The first kappa shape index (κ1) is 21.8. The van der Waals surface area contributed by atoms with Crippen LogP contribution < -0.4 is 14.8 Å². The molecule has 1 amide bonds. The van der Waals surface area contributed by atoms with Crippen molar-refractivity contribution in [1.82, 2.24) is 10.3 Å². The van der Waals surface area contributed by atoms with Crippen LogP contribution in [0.2, 0.25) is 0 Å². The maximum absolute atomic E-state index is 14.9. The Morgan fingerprint density at radius 2 is 2.14 bits per heavy atom. The second-order valence-electron chi connectivity index (χ2n) is 7.82. The minimum atomic E-state index is -0.375. The zero-order valence-corrected chi connectivity index (χ0v) is 18.2. The quantitative estimate of drug-likeness (QED) is 0.678. The van der Waals surface area contributed by atoms with Crippen molar-refractivity contribution in [2.45, 2.75) is 71.1 Å². The Labute approximate surface area is 174 Å². The number of amides is 1. The maximum Gasteiger partial charge on any atom is 0.274 e. The highest BCUT2D eigenvalue weighted by molar-refractivity contribution is 7.20. The van der Waals surface area contributed by atoms with Crippen LogP contribution in [0.5, 0.6) is 10.9 Å². The number of hydrogen-bond donors (Lipinski definition) is 1. The molecule has 3 rings (SSSR count). The zero-order chi connectivity index (χ0) is 21.0. The minimum absolute atomic E-state index is 0.0277. The van der Waals surface area contributed by atoms with Crippen molar-refractivity contribution < 1.29 is 23.4 Å². The van der Waals surface area contributed by atoms with Gasteiger partial charge in [0, 0.05) is 13.0 Å². The first-order valence-electron chi connectivity index (χ1n) is 10.1. The molecule has 1 aromatic carbocycles. The molecule has 1 aliphatic rings. The number of thiazole rings is 1. The summed E-state index contributed by atoms with van der Waals surface area (Å²) in [6.45, 7) is 8.36. The summed E-state index contributed by atoms with van der Waals surface area (Å²) < 4.78 is 32.8. The molecule has 0 aliphatic heterocycles. The molecule has 1 fully saturated rings. The third-order valence-electron chi connectivity index (χ3n) is 5.13. The summed E-state index contributed by atoms with van der Waals surface area (Å²) in [6, 6.07) is 3.39. The Kier molecular flexibility index (Phi) is 6.95. The number of benzene rings is 1. The molecule has 1 heterocycles. The molecule has 0 spiro atoms. The number of rotatable bonds is 8. The molecule has 1 aromatic heterocycles. The molecular formula is C21H29FN2O4S. The number of halogens is 1. The molecule has 29 heavy (non-hydrogen) atoms. The lowest BCUT2D eigenvalue weighted by atomic mass is 9.84. The van der Waals surface area contributed by atoms with Crippen molar-refractivity contribution >= 4 is 27.5 Å². The van der Waals surface area contributed by atoms with E-state index in [-0.39, 0.29) is 35.2 Å². The van der Waals surface area contributed by atoms with Crippen LogP contribution in [0.15, 0.2) is 12.1 Å². The van der Waals surface area contributed by atoms with E-state index in [1.165, 1.54) is 18.3 Å². The Morgan fingerprint density at radius 1 is 1.41 bits per heavy atom. The van der Waals surface area contributed by atoms with E-state index < -0.39 is 0 Å². The number of fused-ring (bicyclic) bond motifs is 1. The number of nitrogens with zero attached hydrogens (tertiary/aromatic N) is 1. The number of ether oxygens (including phenoxy) is 3. The highest BCUT2D eigenvalue weighted by Gasteiger charge is 2.33. The van der Waals surface area contributed by atoms with Crippen LogP contribution in [0, 0.1) is 5.82 Å². The Hall–Kier alpha value is -1.93. The van der Waals surface area contributed by atoms with Gasteiger partial charge in [0.1, 0.15) is 0 Å². The van der Waals surface area contributed by atoms with Crippen LogP contribution in [0.25, 0.3) is 10.2 Å². The lowest BCUT2D eigenvalue weighted by Crippen LogP contribution is -2.42. The third-order valence-corrected chi connectivity index (χ3v) is 6.10. The molecule has 1 saturated carbocycles.